The van der Waals surface area contributed by atoms with E-state index in [0.717, 1.165) is 11.3 Å². The lowest BCUT2D eigenvalue weighted by Gasteiger charge is -2.10. The van der Waals surface area contributed by atoms with E-state index in [1.165, 1.54) is 6.07 Å². The second-order valence-corrected chi connectivity index (χ2v) is 5.95. The lowest BCUT2D eigenvalue weighted by molar-refractivity contribution is -0.0498. The van der Waals surface area contributed by atoms with Gasteiger partial charge in [0, 0.05) is 12.6 Å². The maximum atomic E-state index is 12.3. The Morgan fingerprint density at radius 1 is 1.26 bits per heavy atom. The molecule has 0 aliphatic rings. The van der Waals surface area contributed by atoms with Crippen LogP contribution in [-0.2, 0) is 13.1 Å². The SMILES string of the molecule is CCNC(=NCc1cccc(OC(F)F)c1)NCc1cc(C(C)C)no1.I. The first-order valence-corrected chi connectivity index (χ1v) is 8.49. The Kier molecular flexibility index (Phi) is 10.0. The van der Waals surface area contributed by atoms with Gasteiger partial charge in [0.1, 0.15) is 5.75 Å². The second-order valence-electron chi connectivity index (χ2n) is 5.95. The molecule has 0 saturated carbocycles. The standard InChI is InChI=1S/C18H24F2N4O2.HI/c1-4-21-18(23-11-15-9-16(12(2)3)24-26-15)22-10-13-6-5-7-14(8-13)25-17(19)20;/h5-9,12,17H,4,10-11H2,1-3H3,(H2,21,22,23);1H. The molecule has 0 radical (unpaired) electrons. The van der Waals surface area contributed by atoms with E-state index in [-0.39, 0.29) is 29.7 Å². The summed E-state index contributed by atoms with van der Waals surface area (Å²) in [5.74, 6) is 1.73. The van der Waals surface area contributed by atoms with Crippen LogP contribution in [0.4, 0.5) is 8.78 Å². The zero-order valence-corrected chi connectivity index (χ0v) is 17.9. The molecular formula is C18H25F2IN4O2. The number of hydrogen-bond acceptors (Lipinski definition) is 4. The first-order valence-electron chi connectivity index (χ1n) is 8.49. The number of benzene rings is 1. The molecular weight excluding hydrogens is 469 g/mol. The van der Waals surface area contributed by atoms with Gasteiger partial charge >= 0.3 is 6.61 Å². The number of rotatable bonds is 8. The summed E-state index contributed by atoms with van der Waals surface area (Å²) in [6, 6.07) is 8.40. The Morgan fingerprint density at radius 3 is 2.67 bits per heavy atom. The fraction of sp³-hybridized carbons (Fsp3) is 0.444. The molecule has 0 saturated heterocycles. The van der Waals surface area contributed by atoms with Gasteiger partial charge in [-0.2, -0.15) is 8.78 Å². The lowest BCUT2D eigenvalue weighted by Crippen LogP contribution is -2.36. The van der Waals surface area contributed by atoms with Crippen LogP contribution in [-0.4, -0.2) is 24.3 Å². The number of aliphatic imine (C=N–C) groups is 1. The molecule has 0 bridgehead atoms. The van der Waals surface area contributed by atoms with Crippen molar-refractivity contribution in [3.8, 4) is 5.75 Å². The average molecular weight is 494 g/mol. The molecule has 1 aromatic heterocycles. The predicted octanol–water partition coefficient (Wildman–Crippen LogP) is 4.27. The van der Waals surface area contributed by atoms with Crippen molar-refractivity contribution in [3.05, 3.63) is 47.3 Å². The van der Waals surface area contributed by atoms with Crippen molar-refractivity contribution in [2.45, 2.75) is 46.4 Å². The fourth-order valence-electron chi connectivity index (χ4n) is 2.19. The van der Waals surface area contributed by atoms with E-state index < -0.39 is 6.61 Å². The first kappa shape index (κ1) is 23.1. The largest absolute Gasteiger partial charge is 0.435 e. The topological polar surface area (TPSA) is 71.7 Å². The van der Waals surface area contributed by atoms with Crippen LogP contribution in [0.25, 0.3) is 0 Å². The molecule has 0 spiro atoms. The van der Waals surface area contributed by atoms with Gasteiger partial charge in [0.2, 0.25) is 0 Å². The van der Waals surface area contributed by atoms with E-state index in [9.17, 15) is 8.78 Å². The first-order chi connectivity index (χ1) is 12.5. The van der Waals surface area contributed by atoms with Crippen molar-refractivity contribution in [1.82, 2.24) is 15.8 Å². The minimum atomic E-state index is -2.84. The Balaban J connectivity index is 0.00000364. The third-order valence-corrected chi connectivity index (χ3v) is 3.49. The minimum absolute atomic E-state index is 0. The number of hydrogen-bond donors (Lipinski definition) is 2. The fourth-order valence-corrected chi connectivity index (χ4v) is 2.19. The van der Waals surface area contributed by atoms with Crippen molar-refractivity contribution in [2.75, 3.05) is 6.54 Å². The number of aromatic nitrogens is 1. The third-order valence-electron chi connectivity index (χ3n) is 3.49. The van der Waals surface area contributed by atoms with Gasteiger partial charge in [0.25, 0.3) is 0 Å². The van der Waals surface area contributed by atoms with Crippen molar-refractivity contribution in [3.63, 3.8) is 0 Å². The monoisotopic (exact) mass is 494 g/mol. The number of halogens is 3. The van der Waals surface area contributed by atoms with E-state index in [1.807, 2.05) is 26.8 Å². The highest BCUT2D eigenvalue weighted by Crippen LogP contribution is 2.16. The highest BCUT2D eigenvalue weighted by molar-refractivity contribution is 14.0. The number of alkyl halides is 2. The maximum absolute atomic E-state index is 12.3. The molecule has 2 N–H and O–H groups in total. The van der Waals surface area contributed by atoms with Gasteiger partial charge in [-0.15, -0.1) is 24.0 Å². The van der Waals surface area contributed by atoms with Crippen LogP contribution in [0, 0.1) is 0 Å². The quantitative estimate of drug-likeness (QED) is 0.326. The molecule has 0 amide bonds. The molecule has 150 valence electrons. The van der Waals surface area contributed by atoms with Crippen molar-refractivity contribution in [1.29, 1.82) is 0 Å². The van der Waals surface area contributed by atoms with Crippen molar-refractivity contribution < 1.29 is 18.0 Å². The number of nitrogens with zero attached hydrogens (tertiary/aromatic N) is 2. The molecule has 27 heavy (non-hydrogen) atoms. The second kappa shape index (κ2) is 11.7. The highest BCUT2D eigenvalue weighted by atomic mass is 127. The van der Waals surface area contributed by atoms with Gasteiger partial charge in [-0.1, -0.05) is 31.1 Å². The molecule has 1 heterocycles. The van der Waals surface area contributed by atoms with Crippen LogP contribution in [0.1, 0.15) is 43.7 Å². The van der Waals surface area contributed by atoms with Gasteiger partial charge in [-0.3, -0.25) is 0 Å². The molecule has 6 nitrogen and oxygen atoms in total. The molecule has 0 unspecified atom stereocenters. The summed E-state index contributed by atoms with van der Waals surface area (Å²) in [7, 11) is 0. The van der Waals surface area contributed by atoms with Gasteiger partial charge in [0.15, 0.2) is 11.7 Å². The molecule has 1 aromatic carbocycles. The smallest absolute Gasteiger partial charge is 0.387 e. The summed E-state index contributed by atoms with van der Waals surface area (Å²) in [5, 5.41) is 10.3. The van der Waals surface area contributed by atoms with Crippen molar-refractivity contribution in [2.24, 2.45) is 4.99 Å². The molecule has 2 aromatic rings. The van der Waals surface area contributed by atoms with E-state index in [1.54, 1.807) is 18.2 Å². The molecule has 0 aliphatic carbocycles. The number of guanidine groups is 1. The van der Waals surface area contributed by atoms with Crippen LogP contribution in [0.2, 0.25) is 0 Å². The summed E-state index contributed by atoms with van der Waals surface area (Å²) in [6.07, 6.45) is 0. The Bertz CT molecular complexity index is 723. The summed E-state index contributed by atoms with van der Waals surface area (Å²) >= 11 is 0. The third kappa shape index (κ3) is 8.10. The summed E-state index contributed by atoms with van der Waals surface area (Å²) < 4.78 is 34.3. The Morgan fingerprint density at radius 2 is 2.04 bits per heavy atom. The van der Waals surface area contributed by atoms with Crippen LogP contribution < -0.4 is 15.4 Å². The van der Waals surface area contributed by atoms with Crippen LogP contribution in [0.5, 0.6) is 5.75 Å². The Hall–Kier alpha value is -1.91. The summed E-state index contributed by atoms with van der Waals surface area (Å²) in [6.45, 7) is 4.67. The van der Waals surface area contributed by atoms with Crippen LogP contribution in [0.15, 0.2) is 39.8 Å². The van der Waals surface area contributed by atoms with Crippen LogP contribution in [0.3, 0.4) is 0 Å². The molecule has 2 rings (SSSR count). The Labute approximate surface area is 174 Å². The van der Waals surface area contributed by atoms with Crippen molar-refractivity contribution >= 4 is 29.9 Å². The summed E-state index contributed by atoms with van der Waals surface area (Å²) in [5.41, 5.74) is 1.67. The zero-order chi connectivity index (χ0) is 18.9. The number of nitrogens with one attached hydrogen (secondary N) is 2. The lowest BCUT2D eigenvalue weighted by atomic mass is 10.1. The van der Waals surface area contributed by atoms with E-state index >= 15 is 0 Å². The number of ether oxygens (including phenoxy) is 1. The average Bonchev–Trinajstić information content (AvgIpc) is 3.06. The van der Waals surface area contributed by atoms with E-state index in [4.69, 9.17) is 4.52 Å². The maximum Gasteiger partial charge on any atom is 0.387 e. The zero-order valence-electron chi connectivity index (χ0n) is 15.5. The predicted molar refractivity (Wildman–Crippen MR) is 111 cm³/mol. The summed E-state index contributed by atoms with van der Waals surface area (Å²) in [4.78, 5) is 4.45. The minimum Gasteiger partial charge on any atom is -0.435 e. The van der Waals surface area contributed by atoms with Gasteiger partial charge in [-0.05, 0) is 30.5 Å². The van der Waals surface area contributed by atoms with Gasteiger partial charge < -0.3 is 19.9 Å². The van der Waals surface area contributed by atoms with E-state index in [2.05, 4.69) is 25.5 Å². The van der Waals surface area contributed by atoms with Gasteiger partial charge in [-0.25, -0.2) is 4.99 Å². The normalized spacial score (nSPS) is 11.4. The molecule has 9 heteroatoms. The van der Waals surface area contributed by atoms with Gasteiger partial charge in [0.05, 0.1) is 18.8 Å². The highest BCUT2D eigenvalue weighted by Gasteiger charge is 2.08. The van der Waals surface area contributed by atoms with E-state index in [0.29, 0.717) is 37.3 Å². The van der Waals surface area contributed by atoms with Crippen LogP contribution >= 0.6 is 24.0 Å². The molecule has 0 atom stereocenters. The molecule has 0 aliphatic heterocycles. The molecule has 0 fully saturated rings.